The molecule has 324 valence electrons. The average Bonchev–Trinajstić information content (AvgIpc) is 3.22. The van der Waals surface area contributed by atoms with Crippen molar-refractivity contribution < 1.29 is 37.4 Å². The standard InChI is InChI=1S/C48H59IN2O8Si2/c1-34(42(58-45(50)52)32-54-60(47(3,4)5,36-22-13-9-14-23-36)37-24-15-10-16-25-37)56-40-30-21-31-41(44(40)49)57-35(2)43(59-46(51)53)33-55-61(48(6,7)8,38-26-17-11-18-27-38)39-28-19-12-20-29-39/h9-31,34-35,42-43H,32-33H2,1-8H3,(H2,50,52)(H2,51,53). The van der Waals surface area contributed by atoms with E-state index in [0.717, 1.165) is 20.7 Å². The second kappa shape index (κ2) is 20.5. The quantitative estimate of drug-likeness (QED) is 0.0667. The highest BCUT2D eigenvalue weighted by molar-refractivity contribution is 14.1. The summed E-state index contributed by atoms with van der Waals surface area (Å²) in [6.07, 6.45) is -5.01. The zero-order chi connectivity index (χ0) is 44.4. The minimum atomic E-state index is -2.99. The van der Waals surface area contributed by atoms with Crippen LogP contribution in [0.5, 0.6) is 11.5 Å². The average molecular weight is 975 g/mol. The van der Waals surface area contributed by atoms with Gasteiger partial charge in [0.25, 0.3) is 16.6 Å². The van der Waals surface area contributed by atoms with E-state index in [1.807, 2.05) is 98.8 Å². The van der Waals surface area contributed by atoms with Gasteiger partial charge in [-0.1, -0.05) is 169 Å². The van der Waals surface area contributed by atoms with Crippen molar-refractivity contribution in [2.75, 3.05) is 13.2 Å². The van der Waals surface area contributed by atoms with E-state index in [1.165, 1.54) is 0 Å². The number of primary amides is 2. The number of hydrogen-bond acceptors (Lipinski definition) is 8. The van der Waals surface area contributed by atoms with Gasteiger partial charge in [0.1, 0.15) is 23.7 Å². The van der Waals surface area contributed by atoms with Gasteiger partial charge in [-0.3, -0.25) is 0 Å². The molecule has 0 saturated carbocycles. The number of rotatable bonds is 18. The van der Waals surface area contributed by atoms with Crippen molar-refractivity contribution in [2.45, 2.75) is 89.9 Å². The minimum Gasteiger partial charge on any atom is -0.485 e. The SMILES string of the molecule is CC(Oc1cccc(OC(C)C(CO[Si](c2ccccc2)(c2ccccc2)C(C)(C)C)OC(N)=O)c1I)C(CO[Si](c1ccccc1)(c1ccccc1)C(C)(C)C)OC(N)=O. The van der Waals surface area contributed by atoms with Gasteiger partial charge in [-0.05, 0) is 79.4 Å². The van der Waals surface area contributed by atoms with Gasteiger partial charge in [0, 0.05) is 0 Å². The molecule has 0 fully saturated rings. The Morgan fingerprint density at radius 1 is 0.508 bits per heavy atom. The first-order chi connectivity index (χ1) is 28.9. The summed E-state index contributed by atoms with van der Waals surface area (Å²) in [6.45, 7) is 16.8. The van der Waals surface area contributed by atoms with Crippen LogP contribution in [0.1, 0.15) is 55.4 Å². The van der Waals surface area contributed by atoms with E-state index in [4.69, 9.17) is 39.3 Å². The largest absolute Gasteiger partial charge is 0.485 e. The van der Waals surface area contributed by atoms with Crippen LogP contribution in [0.3, 0.4) is 0 Å². The summed E-state index contributed by atoms with van der Waals surface area (Å²) in [7, 11) is -5.98. The topological polar surface area (TPSA) is 142 Å². The molecular formula is C48H59IN2O8Si2. The van der Waals surface area contributed by atoms with E-state index >= 15 is 0 Å². The van der Waals surface area contributed by atoms with Crippen molar-refractivity contribution in [3.05, 3.63) is 143 Å². The number of benzene rings is 5. The van der Waals surface area contributed by atoms with E-state index in [9.17, 15) is 9.59 Å². The lowest BCUT2D eigenvalue weighted by Gasteiger charge is -2.44. The van der Waals surface area contributed by atoms with E-state index in [0.29, 0.717) is 15.1 Å². The molecule has 0 aliphatic heterocycles. The zero-order valence-corrected chi connectivity index (χ0v) is 40.5. The molecule has 5 aromatic rings. The summed E-state index contributed by atoms with van der Waals surface area (Å²) in [5.74, 6) is 0.967. The molecule has 0 heterocycles. The van der Waals surface area contributed by atoms with Crippen LogP contribution in [0.4, 0.5) is 9.59 Å². The molecule has 0 aliphatic rings. The number of amides is 2. The third kappa shape index (κ3) is 11.0. The Morgan fingerprint density at radius 2 is 0.787 bits per heavy atom. The predicted octanol–water partition coefficient (Wildman–Crippen LogP) is 7.91. The highest BCUT2D eigenvalue weighted by atomic mass is 127. The van der Waals surface area contributed by atoms with Gasteiger partial charge in [-0.15, -0.1) is 0 Å². The molecule has 2 amide bonds. The molecule has 10 nitrogen and oxygen atoms in total. The van der Waals surface area contributed by atoms with Crippen LogP contribution in [0.25, 0.3) is 0 Å². The summed E-state index contributed by atoms with van der Waals surface area (Å²) in [4.78, 5) is 24.7. The third-order valence-electron chi connectivity index (χ3n) is 10.9. The lowest BCUT2D eigenvalue weighted by molar-refractivity contribution is -0.00316. The minimum absolute atomic E-state index is 0.0264. The predicted molar refractivity (Wildman–Crippen MR) is 255 cm³/mol. The van der Waals surface area contributed by atoms with Gasteiger partial charge >= 0.3 is 12.2 Å². The molecule has 5 rings (SSSR count). The molecule has 13 heteroatoms. The number of carbonyl (C=O) groups is 2. The molecule has 61 heavy (non-hydrogen) atoms. The molecule has 0 radical (unpaired) electrons. The summed E-state index contributed by atoms with van der Waals surface area (Å²) in [5, 5.41) is 3.73. The van der Waals surface area contributed by atoms with Crippen molar-refractivity contribution in [3.8, 4) is 11.5 Å². The highest BCUT2D eigenvalue weighted by Gasteiger charge is 2.52. The Morgan fingerprint density at radius 3 is 1.03 bits per heavy atom. The van der Waals surface area contributed by atoms with Crippen LogP contribution < -0.4 is 41.7 Å². The van der Waals surface area contributed by atoms with E-state index < -0.39 is 53.2 Å². The molecule has 0 saturated heterocycles. The first kappa shape index (κ1) is 47.4. The Hall–Kier alpha value is -4.68. The summed E-state index contributed by atoms with van der Waals surface area (Å²) in [5.41, 5.74) is 11.3. The van der Waals surface area contributed by atoms with Crippen LogP contribution in [-0.2, 0) is 18.3 Å². The fourth-order valence-electron chi connectivity index (χ4n) is 7.99. The maximum absolute atomic E-state index is 12.4. The number of carbonyl (C=O) groups excluding carboxylic acids is 2. The van der Waals surface area contributed by atoms with Gasteiger partial charge in [-0.2, -0.15) is 0 Å². The Balaban J connectivity index is 1.39. The molecule has 0 aromatic heterocycles. The zero-order valence-electron chi connectivity index (χ0n) is 36.3. The van der Waals surface area contributed by atoms with Crippen molar-refractivity contribution in [1.82, 2.24) is 0 Å². The number of ether oxygens (including phenoxy) is 4. The number of hydrogen-bond donors (Lipinski definition) is 2. The molecule has 0 aliphatic carbocycles. The van der Waals surface area contributed by atoms with E-state index in [2.05, 4.69) is 113 Å². The normalized spacial score (nSPS) is 14.2. The Labute approximate surface area is 376 Å². The lowest BCUT2D eigenvalue weighted by Crippen LogP contribution is -2.67. The number of nitrogens with two attached hydrogens (primary N) is 2. The maximum atomic E-state index is 12.4. The van der Waals surface area contributed by atoms with Gasteiger partial charge in [0.05, 0.1) is 16.8 Å². The smallest absolute Gasteiger partial charge is 0.404 e. The van der Waals surface area contributed by atoms with E-state index in [1.54, 1.807) is 6.07 Å². The molecule has 4 unspecified atom stereocenters. The molecule has 0 spiro atoms. The van der Waals surface area contributed by atoms with Gasteiger partial charge < -0.3 is 39.3 Å². The van der Waals surface area contributed by atoms with Crippen LogP contribution in [0.15, 0.2) is 140 Å². The lowest BCUT2D eigenvalue weighted by atomic mass is 10.2. The Kier molecular flexibility index (Phi) is 15.9. The fraction of sp³-hybridized carbons (Fsp3) is 0.333. The molecular weight excluding hydrogens is 916 g/mol. The maximum Gasteiger partial charge on any atom is 0.404 e. The second-order valence-corrected chi connectivity index (χ2v) is 26.8. The van der Waals surface area contributed by atoms with E-state index in [-0.39, 0.29) is 23.3 Å². The van der Waals surface area contributed by atoms with Crippen LogP contribution in [0.2, 0.25) is 10.1 Å². The van der Waals surface area contributed by atoms with Gasteiger partial charge in [-0.25, -0.2) is 9.59 Å². The van der Waals surface area contributed by atoms with Crippen molar-refractivity contribution in [3.63, 3.8) is 0 Å². The summed E-state index contributed by atoms with van der Waals surface area (Å²) in [6, 6.07) is 46.3. The molecule has 4 atom stereocenters. The van der Waals surface area contributed by atoms with Crippen LogP contribution in [-0.4, -0.2) is 66.5 Å². The van der Waals surface area contributed by atoms with Crippen LogP contribution >= 0.6 is 22.6 Å². The second-order valence-electron chi connectivity index (χ2n) is 17.1. The molecule has 5 aromatic carbocycles. The third-order valence-corrected chi connectivity index (χ3v) is 22.0. The molecule has 0 bridgehead atoms. The number of halogens is 1. The monoisotopic (exact) mass is 974 g/mol. The van der Waals surface area contributed by atoms with Gasteiger partial charge in [0.15, 0.2) is 12.2 Å². The first-order valence-electron chi connectivity index (χ1n) is 20.4. The van der Waals surface area contributed by atoms with Gasteiger partial charge in [0.2, 0.25) is 0 Å². The van der Waals surface area contributed by atoms with Crippen LogP contribution in [0, 0.1) is 3.57 Å². The Bertz CT molecular complexity index is 1940. The summed E-state index contributed by atoms with van der Waals surface area (Å²) >= 11 is 2.16. The first-order valence-corrected chi connectivity index (χ1v) is 25.3. The fourth-order valence-corrected chi connectivity index (χ4v) is 17.7. The van der Waals surface area contributed by atoms with Crippen molar-refractivity contribution >= 4 is 72.2 Å². The highest BCUT2D eigenvalue weighted by Crippen LogP contribution is 2.39. The molecule has 4 N–H and O–H groups in total. The van der Waals surface area contributed by atoms with Crippen molar-refractivity contribution in [1.29, 1.82) is 0 Å². The van der Waals surface area contributed by atoms with Crippen molar-refractivity contribution in [2.24, 2.45) is 11.5 Å². The summed E-state index contributed by atoms with van der Waals surface area (Å²) < 4.78 is 39.4.